The van der Waals surface area contributed by atoms with Gasteiger partial charge in [0.25, 0.3) is 0 Å². The molecule has 22 heavy (non-hydrogen) atoms. The van der Waals surface area contributed by atoms with Crippen molar-refractivity contribution in [2.24, 2.45) is 7.05 Å². The molecule has 1 saturated heterocycles. The zero-order valence-electron chi connectivity index (χ0n) is 12.9. The van der Waals surface area contributed by atoms with Crippen LogP contribution in [0.5, 0.6) is 0 Å². The minimum absolute atomic E-state index is 0.100. The van der Waals surface area contributed by atoms with Crippen LogP contribution in [0.1, 0.15) is 18.8 Å². The predicted octanol–water partition coefficient (Wildman–Crippen LogP) is 1.05. The number of piperazine rings is 1. The summed E-state index contributed by atoms with van der Waals surface area (Å²) in [6.45, 7) is 5.20. The molecule has 8 heteroatoms. The Kier molecular flexibility index (Phi) is 4.10. The molecule has 118 valence electrons. The molecule has 8 nitrogen and oxygen atoms in total. The first-order valence-corrected chi connectivity index (χ1v) is 7.46. The van der Waals surface area contributed by atoms with Gasteiger partial charge in [0.1, 0.15) is 5.82 Å². The minimum Gasteiger partial charge on any atom is -0.347 e. The maximum absolute atomic E-state index is 12.4. The summed E-state index contributed by atoms with van der Waals surface area (Å²) < 4.78 is 1.66. The summed E-state index contributed by atoms with van der Waals surface area (Å²) in [5.41, 5.74) is 0. The van der Waals surface area contributed by atoms with Gasteiger partial charge in [0.15, 0.2) is 5.82 Å². The molecule has 0 aromatic carbocycles. The molecule has 2 N–H and O–H groups in total. The van der Waals surface area contributed by atoms with Crippen molar-refractivity contribution in [1.29, 1.82) is 0 Å². The Hall–Kier alpha value is -2.35. The number of imidazole rings is 1. The summed E-state index contributed by atoms with van der Waals surface area (Å²) >= 11 is 0. The Morgan fingerprint density at radius 1 is 1.50 bits per heavy atom. The van der Waals surface area contributed by atoms with Gasteiger partial charge in [0, 0.05) is 51.3 Å². The van der Waals surface area contributed by atoms with Crippen molar-refractivity contribution in [1.82, 2.24) is 29.5 Å². The van der Waals surface area contributed by atoms with Crippen LogP contribution in [0.3, 0.4) is 0 Å². The maximum atomic E-state index is 12.4. The number of amides is 2. The third-order valence-corrected chi connectivity index (χ3v) is 3.97. The first-order valence-electron chi connectivity index (χ1n) is 7.46. The van der Waals surface area contributed by atoms with E-state index >= 15 is 0 Å². The summed E-state index contributed by atoms with van der Waals surface area (Å²) in [7, 11) is 1.82. The van der Waals surface area contributed by atoms with Crippen molar-refractivity contribution in [3.05, 3.63) is 30.5 Å². The van der Waals surface area contributed by atoms with Crippen molar-refractivity contribution in [3.8, 4) is 0 Å². The number of hydrogen-bond donors (Lipinski definition) is 2. The number of aromatic amines is 1. The van der Waals surface area contributed by atoms with E-state index in [0.717, 1.165) is 18.9 Å². The number of carbonyl (C=O) groups excluding carboxylic acids is 1. The van der Waals surface area contributed by atoms with Crippen LogP contribution in [-0.4, -0.2) is 61.8 Å². The van der Waals surface area contributed by atoms with Crippen molar-refractivity contribution in [2.45, 2.75) is 13.0 Å². The Morgan fingerprint density at radius 3 is 3.00 bits per heavy atom. The molecule has 3 rings (SSSR count). The summed E-state index contributed by atoms with van der Waals surface area (Å²) in [4.78, 5) is 24.0. The highest BCUT2D eigenvalue weighted by Crippen LogP contribution is 2.22. The Bertz CT molecular complexity index is 621. The summed E-state index contributed by atoms with van der Waals surface area (Å²) in [6.07, 6.45) is 5.36. The largest absolute Gasteiger partial charge is 0.347 e. The predicted molar refractivity (Wildman–Crippen MR) is 82.4 cm³/mol. The fourth-order valence-corrected chi connectivity index (χ4v) is 2.77. The maximum Gasteiger partial charge on any atom is 0.323 e. The van der Waals surface area contributed by atoms with Crippen LogP contribution in [0.2, 0.25) is 0 Å². The Morgan fingerprint density at radius 2 is 2.36 bits per heavy atom. The number of urea groups is 1. The molecule has 0 bridgehead atoms. The van der Waals surface area contributed by atoms with Gasteiger partial charge in [0.05, 0.1) is 6.04 Å². The van der Waals surface area contributed by atoms with Gasteiger partial charge in [-0.05, 0) is 6.54 Å². The van der Waals surface area contributed by atoms with Crippen LogP contribution in [0.4, 0.5) is 10.6 Å². The molecule has 0 radical (unpaired) electrons. The van der Waals surface area contributed by atoms with Gasteiger partial charge in [-0.25, -0.2) is 9.78 Å². The van der Waals surface area contributed by atoms with Gasteiger partial charge in [-0.1, -0.05) is 6.92 Å². The number of nitrogens with one attached hydrogen (secondary N) is 2. The van der Waals surface area contributed by atoms with Crippen LogP contribution in [0.25, 0.3) is 0 Å². The van der Waals surface area contributed by atoms with E-state index in [2.05, 4.69) is 32.2 Å². The highest BCUT2D eigenvalue weighted by atomic mass is 16.2. The standard InChI is InChI=1S/C14H21N7O/c1-3-20-8-9-21(10-11(20)13-15-5-6-16-13)14(22)17-12-4-7-19(2)18-12/h4-7,11H,3,8-10H2,1-2H3,(H,15,16)(H,17,18,22). The lowest BCUT2D eigenvalue weighted by Gasteiger charge is -2.39. The van der Waals surface area contributed by atoms with E-state index in [4.69, 9.17) is 0 Å². The third kappa shape index (κ3) is 2.96. The number of anilines is 1. The second-order valence-corrected chi connectivity index (χ2v) is 5.37. The lowest BCUT2D eigenvalue weighted by atomic mass is 10.1. The molecule has 1 unspecified atom stereocenters. The smallest absolute Gasteiger partial charge is 0.323 e. The van der Waals surface area contributed by atoms with E-state index in [-0.39, 0.29) is 12.1 Å². The highest BCUT2D eigenvalue weighted by Gasteiger charge is 2.31. The molecule has 1 fully saturated rings. The molecule has 1 aliphatic heterocycles. The fourth-order valence-electron chi connectivity index (χ4n) is 2.77. The summed E-state index contributed by atoms with van der Waals surface area (Å²) in [5, 5.41) is 7.01. The molecule has 0 saturated carbocycles. The average molecular weight is 303 g/mol. The first kappa shape index (κ1) is 14.6. The lowest BCUT2D eigenvalue weighted by Crippen LogP contribution is -2.51. The summed E-state index contributed by atoms with van der Waals surface area (Å²) in [6, 6.07) is 1.76. The number of likely N-dealkylation sites (N-methyl/N-ethyl adjacent to an activating group) is 1. The van der Waals surface area contributed by atoms with Crippen molar-refractivity contribution in [2.75, 3.05) is 31.5 Å². The molecule has 3 heterocycles. The quantitative estimate of drug-likeness (QED) is 0.888. The van der Waals surface area contributed by atoms with Gasteiger partial charge in [-0.2, -0.15) is 5.10 Å². The SMILES string of the molecule is CCN1CCN(C(=O)Nc2ccn(C)n2)CC1c1ncc[nH]1. The molecule has 2 amide bonds. The van der Waals surface area contributed by atoms with Gasteiger partial charge >= 0.3 is 6.03 Å². The number of nitrogens with zero attached hydrogens (tertiary/aromatic N) is 5. The third-order valence-electron chi connectivity index (χ3n) is 3.97. The minimum atomic E-state index is -0.119. The number of aryl methyl sites for hydroxylation is 1. The van der Waals surface area contributed by atoms with E-state index in [1.54, 1.807) is 23.1 Å². The molecule has 2 aromatic heterocycles. The molecule has 0 spiro atoms. The lowest BCUT2D eigenvalue weighted by molar-refractivity contribution is 0.0946. The number of hydrogen-bond acceptors (Lipinski definition) is 4. The van der Waals surface area contributed by atoms with Crippen molar-refractivity contribution >= 4 is 11.8 Å². The van der Waals surface area contributed by atoms with E-state index in [1.807, 2.05) is 18.1 Å². The molecule has 2 aromatic rings. The van der Waals surface area contributed by atoms with E-state index in [1.165, 1.54) is 0 Å². The van der Waals surface area contributed by atoms with Crippen LogP contribution in [-0.2, 0) is 7.05 Å². The second-order valence-electron chi connectivity index (χ2n) is 5.37. The van der Waals surface area contributed by atoms with E-state index in [0.29, 0.717) is 18.9 Å². The van der Waals surface area contributed by atoms with Gasteiger partial charge in [0.2, 0.25) is 0 Å². The summed E-state index contributed by atoms with van der Waals surface area (Å²) in [5.74, 6) is 1.47. The topological polar surface area (TPSA) is 82.1 Å². The van der Waals surface area contributed by atoms with E-state index in [9.17, 15) is 4.79 Å². The molecule has 0 aliphatic carbocycles. The van der Waals surface area contributed by atoms with E-state index < -0.39 is 0 Å². The molecular weight excluding hydrogens is 282 g/mol. The number of H-pyrrole nitrogens is 1. The van der Waals surface area contributed by atoms with Gasteiger partial charge < -0.3 is 9.88 Å². The zero-order chi connectivity index (χ0) is 15.5. The number of carbonyl (C=O) groups is 1. The second kappa shape index (κ2) is 6.18. The van der Waals surface area contributed by atoms with Crippen LogP contribution < -0.4 is 5.32 Å². The van der Waals surface area contributed by atoms with Gasteiger partial charge in [-0.3, -0.25) is 14.9 Å². The molecule has 1 aliphatic rings. The average Bonchev–Trinajstić information content (AvgIpc) is 3.18. The number of aromatic nitrogens is 4. The fraction of sp³-hybridized carbons (Fsp3) is 0.500. The monoisotopic (exact) mass is 303 g/mol. The Balaban J connectivity index is 1.68. The number of rotatable bonds is 3. The van der Waals surface area contributed by atoms with Crippen LogP contribution in [0.15, 0.2) is 24.7 Å². The molecule has 1 atom stereocenters. The Labute approximate surface area is 129 Å². The van der Waals surface area contributed by atoms with Crippen LogP contribution in [0, 0.1) is 0 Å². The normalized spacial score (nSPS) is 19.4. The highest BCUT2D eigenvalue weighted by molar-refractivity contribution is 5.88. The van der Waals surface area contributed by atoms with Crippen molar-refractivity contribution in [3.63, 3.8) is 0 Å². The van der Waals surface area contributed by atoms with Crippen molar-refractivity contribution < 1.29 is 4.79 Å². The molecular formula is C14H21N7O. The van der Waals surface area contributed by atoms with Gasteiger partial charge in [-0.15, -0.1) is 0 Å². The van der Waals surface area contributed by atoms with Crippen LogP contribution >= 0.6 is 0 Å². The first-order chi connectivity index (χ1) is 10.7. The zero-order valence-corrected chi connectivity index (χ0v) is 12.9.